The molecule has 4 heteroatoms. The molecule has 1 unspecified atom stereocenters. The first-order valence-corrected chi connectivity index (χ1v) is 11.5. The fourth-order valence-electron chi connectivity index (χ4n) is 3.98. The number of benzene rings is 3. The fraction of sp³-hybridized carbons (Fsp3) is 0.154. The molecule has 0 saturated carbocycles. The van der Waals surface area contributed by atoms with Crippen LogP contribution in [0.4, 0.5) is 0 Å². The quantitative estimate of drug-likeness (QED) is 0.477. The van der Waals surface area contributed by atoms with Gasteiger partial charge in [0.25, 0.3) is 0 Å². The predicted molar refractivity (Wildman–Crippen MR) is 124 cm³/mol. The molecule has 0 amide bonds. The van der Waals surface area contributed by atoms with Crippen molar-refractivity contribution in [2.45, 2.75) is 17.7 Å². The molecule has 3 nitrogen and oxygen atoms in total. The van der Waals surface area contributed by atoms with Crippen molar-refractivity contribution in [3.05, 3.63) is 114 Å². The summed E-state index contributed by atoms with van der Waals surface area (Å²) in [4.78, 5) is 0.312. The van der Waals surface area contributed by atoms with Crippen LogP contribution in [0, 0.1) is 6.92 Å². The van der Waals surface area contributed by atoms with Crippen LogP contribution in [0.2, 0.25) is 0 Å². The van der Waals surface area contributed by atoms with Crippen LogP contribution in [-0.2, 0) is 10.0 Å². The summed E-state index contributed by atoms with van der Waals surface area (Å²) in [6.45, 7) is 6.37. The number of fused-ring (bicyclic) bond motifs is 1. The molecule has 0 spiro atoms. The van der Waals surface area contributed by atoms with Crippen LogP contribution in [0.3, 0.4) is 0 Å². The van der Waals surface area contributed by atoms with E-state index in [0.717, 1.165) is 27.8 Å². The largest absolute Gasteiger partial charge is 0.243 e. The normalized spacial score (nSPS) is 15.7. The summed E-state index contributed by atoms with van der Waals surface area (Å²) in [5.74, 6) is -0.0382. The third-order valence-electron chi connectivity index (χ3n) is 5.54. The van der Waals surface area contributed by atoms with E-state index >= 15 is 0 Å². The molecule has 1 aliphatic rings. The summed E-state index contributed by atoms with van der Waals surface area (Å²) in [6, 6.07) is 25.4. The first-order valence-electron chi connectivity index (χ1n) is 10.0. The molecule has 1 aliphatic carbocycles. The predicted octanol–water partition coefficient (Wildman–Crippen LogP) is 5.51. The number of nitrogens with zero attached hydrogens (tertiary/aromatic N) is 1. The summed E-state index contributed by atoms with van der Waals surface area (Å²) in [7, 11) is -3.64. The Bertz CT molecular complexity index is 1180. The molecule has 1 atom stereocenters. The maximum absolute atomic E-state index is 13.4. The molecule has 0 aliphatic heterocycles. The summed E-state index contributed by atoms with van der Waals surface area (Å²) in [6.07, 6.45) is 3.83. The highest BCUT2D eigenvalue weighted by molar-refractivity contribution is 7.89. The van der Waals surface area contributed by atoms with E-state index in [1.165, 1.54) is 4.31 Å². The van der Waals surface area contributed by atoms with Crippen LogP contribution in [0.5, 0.6) is 0 Å². The molecule has 0 saturated heterocycles. The van der Waals surface area contributed by atoms with Crippen molar-refractivity contribution < 1.29 is 8.42 Å². The maximum Gasteiger partial charge on any atom is 0.243 e. The summed E-state index contributed by atoms with van der Waals surface area (Å²) in [5.41, 5.74) is 5.59. The summed E-state index contributed by atoms with van der Waals surface area (Å²) in [5, 5.41) is 0. The first-order chi connectivity index (χ1) is 14.5. The smallest absolute Gasteiger partial charge is 0.207 e. The van der Waals surface area contributed by atoms with Crippen molar-refractivity contribution in [3.8, 4) is 0 Å². The van der Waals surface area contributed by atoms with Crippen molar-refractivity contribution in [3.63, 3.8) is 0 Å². The maximum atomic E-state index is 13.4. The van der Waals surface area contributed by atoms with Crippen LogP contribution >= 0.6 is 0 Å². The lowest BCUT2D eigenvalue weighted by molar-refractivity contribution is 0.435. The molecule has 0 N–H and O–H groups in total. The van der Waals surface area contributed by atoms with Gasteiger partial charge in [0.15, 0.2) is 0 Å². The number of hydrogen-bond donors (Lipinski definition) is 0. The Morgan fingerprint density at radius 3 is 2.30 bits per heavy atom. The van der Waals surface area contributed by atoms with Crippen LogP contribution in [0.15, 0.2) is 96.4 Å². The molecule has 0 heterocycles. The Morgan fingerprint density at radius 2 is 1.60 bits per heavy atom. The van der Waals surface area contributed by atoms with Crippen molar-refractivity contribution in [2.24, 2.45) is 0 Å². The van der Waals surface area contributed by atoms with Gasteiger partial charge in [0, 0.05) is 19.0 Å². The second-order valence-electron chi connectivity index (χ2n) is 7.57. The number of aryl methyl sites for hydroxylation is 1. The molecule has 30 heavy (non-hydrogen) atoms. The van der Waals surface area contributed by atoms with Gasteiger partial charge < -0.3 is 0 Å². The van der Waals surface area contributed by atoms with Crippen LogP contribution in [-0.4, -0.2) is 25.8 Å². The van der Waals surface area contributed by atoms with Crippen LogP contribution in [0.25, 0.3) is 11.6 Å². The molecule has 152 valence electrons. The van der Waals surface area contributed by atoms with Gasteiger partial charge in [-0.15, -0.1) is 6.58 Å². The van der Waals surface area contributed by atoms with Gasteiger partial charge in [0.1, 0.15) is 0 Å². The highest BCUT2D eigenvalue weighted by atomic mass is 32.2. The summed E-state index contributed by atoms with van der Waals surface area (Å²) < 4.78 is 28.4. The van der Waals surface area contributed by atoms with Gasteiger partial charge >= 0.3 is 0 Å². The van der Waals surface area contributed by atoms with E-state index in [9.17, 15) is 8.42 Å². The number of rotatable bonds is 7. The van der Waals surface area contributed by atoms with Gasteiger partial charge in [-0.3, -0.25) is 0 Å². The minimum absolute atomic E-state index is 0.0382. The van der Waals surface area contributed by atoms with Gasteiger partial charge in [0.2, 0.25) is 10.0 Å². The average Bonchev–Trinajstić information content (AvgIpc) is 3.13. The third kappa shape index (κ3) is 3.89. The molecule has 3 aromatic carbocycles. The van der Waals surface area contributed by atoms with Gasteiger partial charge in [0.05, 0.1) is 4.90 Å². The molecular formula is C26H25NO2S. The van der Waals surface area contributed by atoms with E-state index in [-0.39, 0.29) is 12.5 Å². The Balaban J connectivity index is 1.74. The standard InChI is InChI=1S/C26H25NO2S/c1-3-17-27(30(28,29)23-15-13-20(2)14-16-23)19-26-24-12-8-7-11-22(24)18-25(26)21-9-5-4-6-10-21/h3-16,18,26H,1,17,19H2,2H3. The fourth-order valence-corrected chi connectivity index (χ4v) is 5.41. The molecule has 4 rings (SSSR count). The monoisotopic (exact) mass is 415 g/mol. The third-order valence-corrected chi connectivity index (χ3v) is 7.39. The summed E-state index contributed by atoms with van der Waals surface area (Å²) >= 11 is 0. The van der Waals surface area contributed by atoms with E-state index < -0.39 is 10.0 Å². The molecule has 0 aromatic heterocycles. The Morgan fingerprint density at radius 1 is 0.933 bits per heavy atom. The minimum Gasteiger partial charge on any atom is -0.207 e. The van der Waals surface area contributed by atoms with Crippen molar-refractivity contribution in [1.82, 2.24) is 4.31 Å². The van der Waals surface area contributed by atoms with E-state index in [1.54, 1.807) is 18.2 Å². The van der Waals surface area contributed by atoms with E-state index in [4.69, 9.17) is 0 Å². The lowest BCUT2D eigenvalue weighted by atomic mass is 9.91. The zero-order chi connectivity index (χ0) is 21.1. The van der Waals surface area contributed by atoms with Crippen LogP contribution < -0.4 is 0 Å². The van der Waals surface area contributed by atoms with E-state index in [0.29, 0.717) is 11.4 Å². The van der Waals surface area contributed by atoms with Crippen molar-refractivity contribution in [2.75, 3.05) is 13.1 Å². The number of sulfonamides is 1. The SMILES string of the molecule is C=CCN(CC1C(c2ccccc2)=Cc2ccccc21)S(=O)(=O)c1ccc(C)cc1. The van der Waals surface area contributed by atoms with Crippen LogP contribution in [0.1, 0.15) is 28.2 Å². The second-order valence-corrected chi connectivity index (χ2v) is 9.51. The molecule has 0 bridgehead atoms. The Kier molecular flexibility index (Phi) is 5.71. The number of hydrogen-bond acceptors (Lipinski definition) is 2. The molecule has 0 radical (unpaired) electrons. The Hall–Kier alpha value is -2.95. The van der Waals surface area contributed by atoms with Crippen molar-refractivity contribution in [1.29, 1.82) is 0 Å². The highest BCUT2D eigenvalue weighted by Gasteiger charge is 2.32. The zero-order valence-corrected chi connectivity index (χ0v) is 17.8. The average molecular weight is 416 g/mol. The minimum atomic E-state index is -3.64. The van der Waals surface area contributed by atoms with Gasteiger partial charge in [-0.25, -0.2) is 8.42 Å². The van der Waals surface area contributed by atoms with E-state index in [2.05, 4.69) is 36.9 Å². The zero-order valence-electron chi connectivity index (χ0n) is 17.0. The highest BCUT2D eigenvalue weighted by Crippen LogP contribution is 2.42. The van der Waals surface area contributed by atoms with Gasteiger partial charge in [-0.2, -0.15) is 4.31 Å². The second kappa shape index (κ2) is 8.42. The molecule has 0 fully saturated rings. The lowest BCUT2D eigenvalue weighted by Crippen LogP contribution is -2.35. The first kappa shape index (κ1) is 20.3. The lowest BCUT2D eigenvalue weighted by Gasteiger charge is -2.26. The van der Waals surface area contributed by atoms with Gasteiger partial charge in [-0.1, -0.05) is 84.4 Å². The van der Waals surface area contributed by atoms with Gasteiger partial charge in [-0.05, 0) is 41.3 Å². The topological polar surface area (TPSA) is 37.4 Å². The van der Waals surface area contributed by atoms with Crippen molar-refractivity contribution >= 4 is 21.7 Å². The Labute approximate surface area is 179 Å². The molecular weight excluding hydrogens is 390 g/mol. The molecule has 3 aromatic rings. The van der Waals surface area contributed by atoms with E-state index in [1.807, 2.05) is 49.4 Å².